The van der Waals surface area contributed by atoms with Crippen LogP contribution in [0, 0.1) is 13.8 Å². The molecule has 0 fully saturated rings. The van der Waals surface area contributed by atoms with Gasteiger partial charge in [-0.1, -0.05) is 0 Å². The molecule has 0 aliphatic rings. The van der Waals surface area contributed by atoms with E-state index in [1.54, 1.807) is 17.7 Å². The number of nitrogens with zero attached hydrogens (tertiary/aromatic N) is 3. The monoisotopic (exact) mass is 271 g/mol. The highest BCUT2D eigenvalue weighted by molar-refractivity contribution is 9.10. The Morgan fingerprint density at radius 1 is 1.50 bits per heavy atom. The quantitative estimate of drug-likeness (QED) is 0.841. The molecule has 0 aliphatic heterocycles. The van der Waals surface area contributed by atoms with Crippen LogP contribution in [0.3, 0.4) is 0 Å². The van der Waals surface area contributed by atoms with Gasteiger partial charge in [0.1, 0.15) is 12.2 Å². The van der Waals surface area contributed by atoms with Gasteiger partial charge in [-0.15, -0.1) is 11.3 Å². The van der Waals surface area contributed by atoms with E-state index < -0.39 is 0 Å². The maximum Gasteiger partial charge on any atom is 0.147 e. The molecular weight excluding hydrogens is 262 g/mol. The molecule has 0 spiro atoms. The highest BCUT2D eigenvalue weighted by Crippen LogP contribution is 2.26. The van der Waals surface area contributed by atoms with Crippen molar-refractivity contribution in [3.8, 4) is 0 Å². The van der Waals surface area contributed by atoms with E-state index in [1.165, 1.54) is 14.2 Å². The van der Waals surface area contributed by atoms with Crippen LogP contribution in [0.1, 0.15) is 15.6 Å². The lowest BCUT2D eigenvalue weighted by molar-refractivity contribution is 0.686. The fourth-order valence-corrected chi connectivity index (χ4v) is 2.81. The van der Waals surface area contributed by atoms with Gasteiger partial charge < -0.3 is 0 Å². The highest BCUT2D eigenvalue weighted by Gasteiger charge is 2.04. The summed E-state index contributed by atoms with van der Waals surface area (Å²) in [6.07, 6.45) is 1.76. The van der Waals surface area contributed by atoms with Crippen LogP contribution >= 0.6 is 27.3 Å². The summed E-state index contributed by atoms with van der Waals surface area (Å²) in [5.74, 6) is 0.817. The van der Waals surface area contributed by atoms with E-state index in [9.17, 15) is 0 Å². The molecule has 0 unspecified atom stereocenters. The van der Waals surface area contributed by atoms with Crippen LogP contribution in [0.4, 0.5) is 0 Å². The normalized spacial score (nSPS) is 10.8. The first kappa shape index (κ1) is 9.86. The van der Waals surface area contributed by atoms with Crippen molar-refractivity contribution >= 4 is 27.3 Å². The third-order valence-corrected chi connectivity index (χ3v) is 4.00. The van der Waals surface area contributed by atoms with Gasteiger partial charge in [-0.2, -0.15) is 5.10 Å². The topological polar surface area (TPSA) is 30.7 Å². The Balaban J connectivity index is 2.18. The van der Waals surface area contributed by atoms with Crippen molar-refractivity contribution < 1.29 is 0 Å². The van der Waals surface area contributed by atoms with Crippen molar-refractivity contribution in [3.63, 3.8) is 0 Å². The Bertz CT molecular complexity index is 427. The van der Waals surface area contributed by atoms with E-state index in [0.717, 1.165) is 12.4 Å². The average molecular weight is 272 g/mol. The summed E-state index contributed by atoms with van der Waals surface area (Å²) in [5.41, 5.74) is 0. The predicted octanol–water partition coefficient (Wildman–Crippen LogP) is 2.77. The molecule has 3 nitrogen and oxygen atoms in total. The van der Waals surface area contributed by atoms with Crippen LogP contribution in [0.15, 0.2) is 16.9 Å². The van der Waals surface area contributed by atoms with Crippen molar-refractivity contribution in [1.29, 1.82) is 0 Å². The maximum atomic E-state index is 4.24. The Labute approximate surface area is 94.9 Å². The molecule has 5 heteroatoms. The molecule has 0 N–H and O–H groups in total. The second kappa shape index (κ2) is 3.82. The molecule has 0 bridgehead atoms. The SMILES string of the molecule is Cc1ncn(Cc2cc(Br)c(C)s2)n1. The van der Waals surface area contributed by atoms with Gasteiger partial charge in [0.05, 0.1) is 6.54 Å². The number of aryl methyl sites for hydroxylation is 2. The first-order valence-corrected chi connectivity index (χ1v) is 5.87. The average Bonchev–Trinajstić information content (AvgIpc) is 2.62. The molecule has 0 atom stereocenters. The zero-order chi connectivity index (χ0) is 10.1. The second-order valence-corrected chi connectivity index (χ2v) is 5.30. The van der Waals surface area contributed by atoms with Crippen molar-refractivity contribution in [2.75, 3.05) is 0 Å². The fourth-order valence-electron chi connectivity index (χ4n) is 1.22. The van der Waals surface area contributed by atoms with Crippen molar-refractivity contribution in [3.05, 3.63) is 32.4 Å². The molecule has 2 aromatic heterocycles. The summed E-state index contributed by atoms with van der Waals surface area (Å²) in [6, 6.07) is 2.14. The van der Waals surface area contributed by atoms with Crippen molar-refractivity contribution in [2.24, 2.45) is 0 Å². The molecule has 0 aromatic carbocycles. The Morgan fingerprint density at radius 2 is 2.29 bits per heavy atom. The maximum absolute atomic E-state index is 4.24. The molecule has 74 valence electrons. The summed E-state index contributed by atoms with van der Waals surface area (Å²) in [6.45, 7) is 4.80. The molecule has 2 aromatic rings. The zero-order valence-electron chi connectivity index (χ0n) is 7.99. The predicted molar refractivity (Wildman–Crippen MR) is 60.6 cm³/mol. The Kier molecular flexibility index (Phi) is 2.69. The summed E-state index contributed by atoms with van der Waals surface area (Å²) in [7, 11) is 0. The van der Waals surface area contributed by atoms with Gasteiger partial charge in [0.15, 0.2) is 0 Å². The number of halogens is 1. The highest BCUT2D eigenvalue weighted by atomic mass is 79.9. The van der Waals surface area contributed by atoms with E-state index in [0.29, 0.717) is 0 Å². The third-order valence-electron chi connectivity index (χ3n) is 1.88. The minimum Gasteiger partial charge on any atom is -0.247 e. The van der Waals surface area contributed by atoms with Crippen LogP contribution < -0.4 is 0 Å². The van der Waals surface area contributed by atoms with Gasteiger partial charge in [0.2, 0.25) is 0 Å². The van der Waals surface area contributed by atoms with Gasteiger partial charge >= 0.3 is 0 Å². The Hall–Kier alpha value is -0.680. The molecule has 2 rings (SSSR count). The van der Waals surface area contributed by atoms with Crippen LogP contribution in [-0.2, 0) is 6.54 Å². The largest absolute Gasteiger partial charge is 0.247 e. The van der Waals surface area contributed by atoms with Gasteiger partial charge in [-0.05, 0) is 35.8 Å². The molecular formula is C9H10BrN3S. The summed E-state index contributed by atoms with van der Waals surface area (Å²) < 4.78 is 3.03. The number of hydrogen-bond donors (Lipinski definition) is 0. The molecule has 0 aliphatic carbocycles. The summed E-state index contributed by atoms with van der Waals surface area (Å²) in [4.78, 5) is 6.68. The number of rotatable bonds is 2. The lowest BCUT2D eigenvalue weighted by atomic mass is 10.4. The van der Waals surface area contributed by atoms with Crippen LogP contribution in [-0.4, -0.2) is 14.8 Å². The molecule has 14 heavy (non-hydrogen) atoms. The lowest BCUT2D eigenvalue weighted by Gasteiger charge is -1.95. The molecule has 2 heterocycles. The van der Waals surface area contributed by atoms with Crippen molar-refractivity contribution in [2.45, 2.75) is 20.4 Å². The van der Waals surface area contributed by atoms with E-state index in [4.69, 9.17) is 0 Å². The Morgan fingerprint density at radius 3 is 2.79 bits per heavy atom. The van der Waals surface area contributed by atoms with Gasteiger partial charge in [0, 0.05) is 14.2 Å². The first-order chi connectivity index (χ1) is 6.65. The van der Waals surface area contributed by atoms with Gasteiger partial charge in [0.25, 0.3) is 0 Å². The fraction of sp³-hybridized carbons (Fsp3) is 0.333. The first-order valence-electron chi connectivity index (χ1n) is 4.26. The van der Waals surface area contributed by atoms with E-state index >= 15 is 0 Å². The smallest absolute Gasteiger partial charge is 0.147 e. The molecule has 0 saturated heterocycles. The van der Waals surface area contributed by atoms with E-state index in [2.05, 4.69) is 39.0 Å². The minimum absolute atomic E-state index is 0.804. The summed E-state index contributed by atoms with van der Waals surface area (Å²) in [5, 5.41) is 4.24. The lowest BCUT2D eigenvalue weighted by Crippen LogP contribution is -1.98. The van der Waals surface area contributed by atoms with Gasteiger partial charge in [-0.3, -0.25) is 0 Å². The molecule has 0 saturated carbocycles. The number of thiophene rings is 1. The zero-order valence-corrected chi connectivity index (χ0v) is 10.4. The molecule has 0 amide bonds. The van der Waals surface area contributed by atoms with Crippen LogP contribution in [0.2, 0.25) is 0 Å². The van der Waals surface area contributed by atoms with Crippen LogP contribution in [0.5, 0.6) is 0 Å². The minimum atomic E-state index is 0.804. The standard InChI is InChI=1S/C9H10BrN3S/c1-6-9(10)3-8(14-6)4-13-5-11-7(2)12-13/h3,5H,4H2,1-2H3. The van der Waals surface area contributed by atoms with E-state index in [1.807, 2.05) is 11.6 Å². The van der Waals surface area contributed by atoms with Crippen molar-refractivity contribution in [1.82, 2.24) is 14.8 Å². The third kappa shape index (κ3) is 2.04. The summed E-state index contributed by atoms with van der Waals surface area (Å²) >= 11 is 5.28. The number of hydrogen-bond acceptors (Lipinski definition) is 3. The molecule has 0 radical (unpaired) electrons. The number of aromatic nitrogens is 3. The van der Waals surface area contributed by atoms with Crippen LogP contribution in [0.25, 0.3) is 0 Å². The second-order valence-electron chi connectivity index (χ2n) is 3.11. The van der Waals surface area contributed by atoms with Gasteiger partial charge in [-0.25, -0.2) is 9.67 Å². The van der Waals surface area contributed by atoms with E-state index in [-0.39, 0.29) is 0 Å².